The highest BCUT2D eigenvalue weighted by Crippen LogP contribution is 2.32. The number of nitrogens with zero attached hydrogens (tertiary/aromatic N) is 4. The maximum absolute atomic E-state index is 13.4. The minimum atomic E-state index is -0.246. The largest absolute Gasteiger partial charge is 0.393 e. The molecular weight excluding hydrogens is 428 g/mol. The van der Waals surface area contributed by atoms with Crippen LogP contribution in [-0.2, 0) is 9.59 Å². The zero-order chi connectivity index (χ0) is 24.1. The van der Waals surface area contributed by atoms with Gasteiger partial charge >= 0.3 is 0 Å². The summed E-state index contributed by atoms with van der Waals surface area (Å²) in [5, 5.41) is 9.98. The Labute approximate surface area is 204 Å². The molecule has 0 aromatic heterocycles. The van der Waals surface area contributed by atoms with Crippen molar-refractivity contribution < 1.29 is 14.7 Å². The van der Waals surface area contributed by atoms with Gasteiger partial charge in [0.1, 0.15) is 0 Å². The van der Waals surface area contributed by atoms with Crippen LogP contribution in [0.2, 0.25) is 0 Å². The predicted molar refractivity (Wildman–Crippen MR) is 136 cm³/mol. The molecule has 0 spiro atoms. The van der Waals surface area contributed by atoms with Gasteiger partial charge in [-0.2, -0.15) is 0 Å². The van der Waals surface area contributed by atoms with E-state index in [1.54, 1.807) is 0 Å². The molecule has 4 rings (SSSR count). The van der Waals surface area contributed by atoms with Gasteiger partial charge in [0.25, 0.3) is 0 Å². The van der Waals surface area contributed by atoms with Gasteiger partial charge in [-0.1, -0.05) is 26.0 Å². The maximum atomic E-state index is 13.4. The SMILES string of the molecule is CC1CCCN(C(=O)CN(CC(=O)N2CCCC(C)C2)c2ccccc2N2CCC(O)CC2)C1. The summed E-state index contributed by atoms with van der Waals surface area (Å²) in [7, 11) is 0. The summed E-state index contributed by atoms with van der Waals surface area (Å²) in [4.78, 5) is 35.0. The summed E-state index contributed by atoms with van der Waals surface area (Å²) in [6.45, 7) is 9.62. The molecule has 3 aliphatic rings. The van der Waals surface area contributed by atoms with Crippen LogP contribution in [-0.4, -0.2) is 85.2 Å². The van der Waals surface area contributed by atoms with E-state index in [2.05, 4.69) is 24.8 Å². The lowest BCUT2D eigenvalue weighted by atomic mass is 10.00. The number of benzene rings is 1. The molecule has 7 nitrogen and oxygen atoms in total. The van der Waals surface area contributed by atoms with E-state index >= 15 is 0 Å². The molecule has 188 valence electrons. The summed E-state index contributed by atoms with van der Waals surface area (Å²) in [5.41, 5.74) is 1.99. The van der Waals surface area contributed by atoms with Crippen molar-refractivity contribution in [1.82, 2.24) is 9.80 Å². The summed E-state index contributed by atoms with van der Waals surface area (Å²) in [5.74, 6) is 1.26. The highest BCUT2D eigenvalue weighted by molar-refractivity contribution is 5.89. The summed E-state index contributed by atoms with van der Waals surface area (Å²) in [6, 6.07) is 8.13. The molecule has 1 aromatic rings. The van der Waals surface area contributed by atoms with Crippen LogP contribution < -0.4 is 9.80 Å². The number of amides is 2. The third kappa shape index (κ3) is 6.23. The predicted octanol–water partition coefficient (Wildman–Crippen LogP) is 2.97. The van der Waals surface area contributed by atoms with E-state index in [-0.39, 0.29) is 31.0 Å². The lowest BCUT2D eigenvalue weighted by molar-refractivity contribution is -0.132. The Morgan fingerprint density at radius 3 is 1.91 bits per heavy atom. The number of likely N-dealkylation sites (tertiary alicyclic amines) is 2. The average molecular weight is 471 g/mol. The van der Waals surface area contributed by atoms with E-state index < -0.39 is 0 Å². The van der Waals surface area contributed by atoms with E-state index in [0.717, 1.165) is 76.3 Å². The number of anilines is 2. The second-order valence-electron chi connectivity index (χ2n) is 10.7. The van der Waals surface area contributed by atoms with Crippen LogP contribution in [0.3, 0.4) is 0 Å². The van der Waals surface area contributed by atoms with Gasteiger partial charge in [0, 0.05) is 39.3 Å². The fourth-order valence-corrected chi connectivity index (χ4v) is 5.69. The quantitative estimate of drug-likeness (QED) is 0.692. The number of aliphatic hydroxyl groups is 1. The Morgan fingerprint density at radius 2 is 1.38 bits per heavy atom. The van der Waals surface area contributed by atoms with E-state index in [1.807, 2.05) is 32.9 Å². The third-order valence-corrected chi connectivity index (χ3v) is 7.70. The molecule has 2 unspecified atom stereocenters. The first-order valence-corrected chi connectivity index (χ1v) is 13.2. The van der Waals surface area contributed by atoms with Crippen LogP contribution in [0, 0.1) is 11.8 Å². The van der Waals surface area contributed by atoms with Gasteiger partial charge in [0.15, 0.2) is 0 Å². The highest BCUT2D eigenvalue weighted by atomic mass is 16.3. The van der Waals surface area contributed by atoms with E-state index in [0.29, 0.717) is 11.8 Å². The standard InChI is InChI=1S/C27H42N4O3/c1-21-7-5-13-29(17-21)26(33)19-31(20-27(34)30-14-6-8-22(2)18-30)25-10-4-3-9-24(25)28-15-11-23(32)12-16-28/h3-4,9-10,21-23,32H,5-8,11-20H2,1-2H3. The van der Waals surface area contributed by atoms with Crippen LogP contribution in [0.5, 0.6) is 0 Å². The maximum Gasteiger partial charge on any atom is 0.242 e. The number of rotatable bonds is 6. The number of hydrogen-bond acceptors (Lipinski definition) is 5. The minimum absolute atomic E-state index is 0.107. The lowest BCUT2D eigenvalue weighted by Gasteiger charge is -2.38. The Bertz CT molecular complexity index is 803. The van der Waals surface area contributed by atoms with Crippen molar-refractivity contribution in [3.8, 4) is 0 Å². The Morgan fingerprint density at radius 1 is 0.853 bits per heavy atom. The molecule has 0 bridgehead atoms. The van der Waals surface area contributed by atoms with Gasteiger partial charge in [-0.15, -0.1) is 0 Å². The van der Waals surface area contributed by atoms with E-state index in [4.69, 9.17) is 0 Å². The summed E-state index contributed by atoms with van der Waals surface area (Å²) in [6.07, 6.45) is 5.66. The molecule has 0 aliphatic carbocycles. The number of aliphatic hydroxyl groups excluding tert-OH is 1. The molecule has 2 atom stereocenters. The first kappa shape index (κ1) is 24.8. The van der Waals surface area contributed by atoms with Gasteiger partial charge in [-0.05, 0) is 62.5 Å². The molecule has 3 fully saturated rings. The van der Waals surface area contributed by atoms with Crippen molar-refractivity contribution in [1.29, 1.82) is 0 Å². The summed E-state index contributed by atoms with van der Waals surface area (Å²) >= 11 is 0. The lowest BCUT2D eigenvalue weighted by Crippen LogP contribution is -2.49. The number of carbonyl (C=O) groups is 2. The minimum Gasteiger partial charge on any atom is -0.393 e. The smallest absolute Gasteiger partial charge is 0.242 e. The highest BCUT2D eigenvalue weighted by Gasteiger charge is 2.29. The first-order valence-electron chi connectivity index (χ1n) is 13.2. The molecule has 7 heteroatoms. The number of carbonyl (C=O) groups excluding carboxylic acids is 2. The fourth-order valence-electron chi connectivity index (χ4n) is 5.69. The van der Waals surface area contributed by atoms with E-state index in [1.165, 1.54) is 12.8 Å². The molecule has 2 amide bonds. The van der Waals surface area contributed by atoms with Gasteiger partial charge < -0.3 is 24.7 Å². The van der Waals surface area contributed by atoms with E-state index in [9.17, 15) is 14.7 Å². The third-order valence-electron chi connectivity index (χ3n) is 7.70. The van der Waals surface area contributed by atoms with Gasteiger partial charge in [0.05, 0.1) is 30.6 Å². The second kappa shape index (κ2) is 11.4. The Hall–Kier alpha value is -2.28. The Kier molecular flexibility index (Phi) is 8.35. The molecule has 34 heavy (non-hydrogen) atoms. The number of hydrogen-bond donors (Lipinski definition) is 1. The van der Waals surface area contributed by atoms with Crippen LogP contribution >= 0.6 is 0 Å². The number of piperidine rings is 3. The van der Waals surface area contributed by atoms with Crippen molar-refractivity contribution in [3.63, 3.8) is 0 Å². The van der Waals surface area contributed by atoms with Crippen LogP contribution in [0.1, 0.15) is 52.4 Å². The molecular formula is C27H42N4O3. The number of para-hydroxylation sites is 2. The van der Waals surface area contributed by atoms with Crippen molar-refractivity contribution >= 4 is 23.2 Å². The van der Waals surface area contributed by atoms with Crippen molar-refractivity contribution in [3.05, 3.63) is 24.3 Å². The molecule has 3 saturated heterocycles. The average Bonchev–Trinajstić information content (AvgIpc) is 2.84. The first-order chi connectivity index (χ1) is 16.4. The van der Waals surface area contributed by atoms with Gasteiger partial charge in [-0.25, -0.2) is 0 Å². The molecule has 1 aromatic carbocycles. The molecule has 1 N–H and O–H groups in total. The van der Waals surface area contributed by atoms with Crippen molar-refractivity contribution in [2.45, 2.75) is 58.5 Å². The fraction of sp³-hybridized carbons (Fsp3) is 0.704. The van der Waals surface area contributed by atoms with Gasteiger partial charge in [0.2, 0.25) is 11.8 Å². The normalized spacial score (nSPS) is 24.3. The monoisotopic (exact) mass is 470 g/mol. The van der Waals surface area contributed by atoms with Gasteiger partial charge in [-0.3, -0.25) is 9.59 Å². The topological polar surface area (TPSA) is 67.3 Å². The molecule has 0 radical (unpaired) electrons. The van der Waals surface area contributed by atoms with Crippen molar-refractivity contribution in [2.75, 3.05) is 62.2 Å². The zero-order valence-corrected chi connectivity index (χ0v) is 21.0. The summed E-state index contributed by atoms with van der Waals surface area (Å²) < 4.78 is 0. The van der Waals surface area contributed by atoms with Crippen LogP contribution in [0.4, 0.5) is 11.4 Å². The van der Waals surface area contributed by atoms with Crippen LogP contribution in [0.25, 0.3) is 0 Å². The zero-order valence-electron chi connectivity index (χ0n) is 21.0. The van der Waals surface area contributed by atoms with Crippen LogP contribution in [0.15, 0.2) is 24.3 Å². The molecule has 3 aliphatic heterocycles. The molecule has 3 heterocycles. The second-order valence-corrected chi connectivity index (χ2v) is 10.7. The molecule has 0 saturated carbocycles. The van der Waals surface area contributed by atoms with Crippen molar-refractivity contribution in [2.24, 2.45) is 11.8 Å². The Balaban J connectivity index is 1.56.